The molecule has 0 aliphatic rings. The Morgan fingerprint density at radius 1 is 1.06 bits per heavy atom. The molecule has 0 atom stereocenters. The third-order valence-electron chi connectivity index (χ3n) is 5.11. The topological polar surface area (TPSA) is 119 Å². The van der Waals surface area contributed by atoms with E-state index in [2.05, 4.69) is 5.32 Å². The summed E-state index contributed by atoms with van der Waals surface area (Å²) in [6, 6.07) is 4.22. The molecule has 0 spiro atoms. The van der Waals surface area contributed by atoms with Gasteiger partial charge in [0.25, 0.3) is 5.91 Å². The van der Waals surface area contributed by atoms with Gasteiger partial charge in [0.2, 0.25) is 10.0 Å². The van der Waals surface area contributed by atoms with Crippen molar-refractivity contribution in [3.05, 3.63) is 45.3 Å². The fourth-order valence-corrected chi connectivity index (χ4v) is 5.92. The Morgan fingerprint density at radius 2 is 1.70 bits per heavy atom. The average Bonchev–Trinajstić information content (AvgIpc) is 3.05. The van der Waals surface area contributed by atoms with E-state index in [1.54, 1.807) is 27.7 Å². The molecule has 1 aromatic heterocycles. The summed E-state index contributed by atoms with van der Waals surface area (Å²) in [6.45, 7) is 8.64. The molecule has 11 heteroatoms. The Labute approximate surface area is 197 Å². The second-order valence-electron chi connectivity index (χ2n) is 7.17. The van der Waals surface area contributed by atoms with Crippen LogP contribution in [0.25, 0.3) is 0 Å². The summed E-state index contributed by atoms with van der Waals surface area (Å²) in [5, 5.41) is 2.87. The number of methoxy groups -OCH3 is 1. The van der Waals surface area contributed by atoms with E-state index in [0.29, 0.717) is 29.2 Å². The summed E-state index contributed by atoms with van der Waals surface area (Å²) in [5.41, 5.74) is 1.46. The van der Waals surface area contributed by atoms with Crippen molar-refractivity contribution in [3.8, 4) is 0 Å². The van der Waals surface area contributed by atoms with E-state index in [-0.39, 0.29) is 16.0 Å². The first kappa shape index (κ1) is 26.5. The molecule has 0 saturated heterocycles. The predicted octanol–water partition coefficient (Wildman–Crippen LogP) is 3.29. The van der Waals surface area contributed by atoms with Gasteiger partial charge in [-0.1, -0.05) is 19.9 Å². The van der Waals surface area contributed by atoms with Gasteiger partial charge in [0.15, 0.2) is 6.61 Å². The lowest BCUT2D eigenvalue weighted by atomic mass is 10.1. The molecular weight excluding hydrogens is 468 g/mol. The van der Waals surface area contributed by atoms with Gasteiger partial charge in [-0.25, -0.2) is 18.0 Å². The third kappa shape index (κ3) is 5.79. The maximum atomic E-state index is 12.9. The number of rotatable bonds is 9. The number of aryl methyl sites for hydroxylation is 2. The molecule has 0 saturated carbocycles. The first-order valence-corrected chi connectivity index (χ1v) is 12.5. The van der Waals surface area contributed by atoms with Gasteiger partial charge in [-0.15, -0.1) is 11.3 Å². The fraction of sp³-hybridized carbons (Fsp3) is 0.409. The number of anilines is 1. The molecule has 180 valence electrons. The zero-order valence-electron chi connectivity index (χ0n) is 19.5. The van der Waals surface area contributed by atoms with Gasteiger partial charge in [-0.05, 0) is 44.0 Å². The lowest BCUT2D eigenvalue weighted by molar-refractivity contribution is -0.119. The summed E-state index contributed by atoms with van der Waals surface area (Å²) in [5.74, 6) is -2.06. The van der Waals surface area contributed by atoms with Crippen LogP contribution in [0.5, 0.6) is 0 Å². The lowest BCUT2D eigenvalue weighted by Crippen LogP contribution is -2.31. The van der Waals surface area contributed by atoms with Crippen molar-refractivity contribution < 1.29 is 32.3 Å². The van der Waals surface area contributed by atoms with Crippen LogP contribution < -0.4 is 5.32 Å². The Balaban J connectivity index is 2.16. The highest BCUT2D eigenvalue weighted by molar-refractivity contribution is 7.89. The van der Waals surface area contributed by atoms with Crippen LogP contribution in [0.2, 0.25) is 0 Å². The van der Waals surface area contributed by atoms with Crippen molar-refractivity contribution in [1.82, 2.24) is 4.31 Å². The minimum absolute atomic E-state index is 0.0113. The van der Waals surface area contributed by atoms with Crippen LogP contribution >= 0.6 is 11.3 Å². The maximum absolute atomic E-state index is 12.9. The van der Waals surface area contributed by atoms with Gasteiger partial charge < -0.3 is 14.8 Å². The van der Waals surface area contributed by atoms with E-state index in [1.807, 2.05) is 6.92 Å². The molecule has 0 aliphatic heterocycles. The quantitative estimate of drug-likeness (QED) is 0.529. The zero-order valence-corrected chi connectivity index (χ0v) is 21.1. The van der Waals surface area contributed by atoms with E-state index in [0.717, 1.165) is 4.88 Å². The largest absolute Gasteiger partial charge is 0.465 e. The van der Waals surface area contributed by atoms with E-state index in [9.17, 15) is 22.8 Å². The molecule has 0 bridgehead atoms. The van der Waals surface area contributed by atoms with Crippen molar-refractivity contribution in [3.63, 3.8) is 0 Å². The molecule has 2 aromatic rings. The van der Waals surface area contributed by atoms with Crippen LogP contribution in [0.1, 0.15) is 50.6 Å². The number of nitrogens with one attached hydrogen (secondary N) is 1. The molecule has 9 nitrogen and oxygen atoms in total. The number of nitrogens with zero attached hydrogens (tertiary/aromatic N) is 1. The van der Waals surface area contributed by atoms with Crippen molar-refractivity contribution >= 4 is 44.2 Å². The van der Waals surface area contributed by atoms with Crippen molar-refractivity contribution in [2.45, 2.75) is 39.5 Å². The maximum Gasteiger partial charge on any atom is 0.341 e. The van der Waals surface area contributed by atoms with Crippen LogP contribution in [0, 0.1) is 20.8 Å². The van der Waals surface area contributed by atoms with Gasteiger partial charge in [-0.2, -0.15) is 4.31 Å². The minimum Gasteiger partial charge on any atom is -0.465 e. The fourth-order valence-electron chi connectivity index (χ4n) is 3.15. The Kier molecular flexibility index (Phi) is 8.76. The van der Waals surface area contributed by atoms with Crippen molar-refractivity contribution in [1.29, 1.82) is 0 Å². The number of sulfonamides is 1. The number of thiophene rings is 1. The van der Waals surface area contributed by atoms with E-state index < -0.39 is 34.5 Å². The SMILES string of the molecule is CCN(CC)S(=O)(=O)c1cc(C(=O)OCC(=O)Nc2sc(C)c(C)c2C(=O)OC)ccc1C. The number of esters is 2. The number of amides is 1. The van der Waals surface area contributed by atoms with Crippen LogP contribution in [0.15, 0.2) is 23.1 Å². The Bertz CT molecular complexity index is 1170. The Morgan fingerprint density at radius 3 is 2.27 bits per heavy atom. The normalized spacial score (nSPS) is 11.4. The van der Waals surface area contributed by atoms with Gasteiger partial charge >= 0.3 is 11.9 Å². The highest BCUT2D eigenvalue weighted by Crippen LogP contribution is 2.33. The first-order valence-electron chi connectivity index (χ1n) is 10.2. The average molecular weight is 497 g/mol. The number of ether oxygens (including phenoxy) is 2. The van der Waals surface area contributed by atoms with Gasteiger partial charge in [0, 0.05) is 18.0 Å². The van der Waals surface area contributed by atoms with Gasteiger partial charge in [0.1, 0.15) is 5.00 Å². The first-order chi connectivity index (χ1) is 15.5. The predicted molar refractivity (Wildman–Crippen MR) is 125 cm³/mol. The van der Waals surface area contributed by atoms with E-state index >= 15 is 0 Å². The van der Waals surface area contributed by atoms with Crippen LogP contribution in [0.3, 0.4) is 0 Å². The number of benzene rings is 1. The molecule has 2 rings (SSSR count). The molecule has 0 unspecified atom stereocenters. The highest BCUT2D eigenvalue weighted by atomic mass is 32.2. The molecule has 1 amide bonds. The number of hydrogen-bond donors (Lipinski definition) is 1. The van der Waals surface area contributed by atoms with E-state index in [4.69, 9.17) is 9.47 Å². The summed E-state index contributed by atoms with van der Waals surface area (Å²) < 4.78 is 36.9. The molecule has 0 radical (unpaired) electrons. The Hall–Kier alpha value is -2.76. The van der Waals surface area contributed by atoms with E-state index in [1.165, 1.54) is 41.0 Å². The smallest absolute Gasteiger partial charge is 0.341 e. The summed E-state index contributed by atoms with van der Waals surface area (Å²) in [7, 11) is -2.52. The zero-order chi connectivity index (χ0) is 24.9. The molecule has 0 aliphatic carbocycles. The summed E-state index contributed by atoms with van der Waals surface area (Å²) in [4.78, 5) is 37.7. The van der Waals surface area contributed by atoms with Crippen LogP contribution in [0.4, 0.5) is 5.00 Å². The molecule has 0 fully saturated rings. The minimum atomic E-state index is -3.77. The lowest BCUT2D eigenvalue weighted by Gasteiger charge is -2.20. The molecule has 1 N–H and O–H groups in total. The monoisotopic (exact) mass is 496 g/mol. The second kappa shape index (κ2) is 10.9. The van der Waals surface area contributed by atoms with Crippen molar-refractivity contribution in [2.75, 3.05) is 32.1 Å². The van der Waals surface area contributed by atoms with Crippen molar-refractivity contribution in [2.24, 2.45) is 0 Å². The van der Waals surface area contributed by atoms with Crippen LogP contribution in [-0.4, -0.2) is 57.4 Å². The third-order valence-corrected chi connectivity index (χ3v) is 8.42. The number of carbonyl (C=O) groups excluding carboxylic acids is 3. The van der Waals surface area contributed by atoms with Crippen LogP contribution in [-0.2, 0) is 24.3 Å². The molecule has 1 heterocycles. The van der Waals surface area contributed by atoms with Gasteiger partial charge in [0.05, 0.1) is 23.1 Å². The van der Waals surface area contributed by atoms with Gasteiger partial charge in [-0.3, -0.25) is 4.79 Å². The summed E-state index contributed by atoms with van der Waals surface area (Å²) >= 11 is 1.21. The second-order valence-corrected chi connectivity index (χ2v) is 10.3. The number of hydrogen-bond acceptors (Lipinski definition) is 8. The molecule has 33 heavy (non-hydrogen) atoms. The molecular formula is C22H28N2O7S2. The summed E-state index contributed by atoms with van der Waals surface area (Å²) in [6.07, 6.45) is 0. The standard InChI is InChI=1S/C22H28N2O7S2/c1-7-24(8-2)33(28,29)17-11-16(10-9-13(17)3)21(26)31-12-18(25)23-20-19(22(27)30-6)14(4)15(5)32-20/h9-11H,7-8,12H2,1-6H3,(H,23,25). The highest BCUT2D eigenvalue weighted by Gasteiger charge is 2.26. The molecule has 1 aromatic carbocycles. The number of carbonyl (C=O) groups is 3.